The standard InChI is InChI=1S/C25H32O3/c1-18-15-22(17-24(2,3)16-18)27-23(26)25(4,5)28-21-13-11-20(12-14-21)19-9-7-6-8-10-19/h6-14,18,22H,15-17H2,1-5H3. The van der Waals surface area contributed by atoms with Gasteiger partial charge in [0.15, 0.2) is 5.60 Å². The Hall–Kier alpha value is -2.29. The molecule has 0 bridgehead atoms. The summed E-state index contributed by atoms with van der Waals surface area (Å²) in [5.74, 6) is 0.935. The smallest absolute Gasteiger partial charge is 0.350 e. The van der Waals surface area contributed by atoms with E-state index in [0.717, 1.165) is 24.0 Å². The first-order chi connectivity index (χ1) is 13.1. The predicted octanol–water partition coefficient (Wildman–Crippen LogP) is 6.27. The van der Waals surface area contributed by atoms with E-state index in [1.54, 1.807) is 13.8 Å². The van der Waals surface area contributed by atoms with Gasteiger partial charge in [-0.05, 0) is 67.7 Å². The number of esters is 1. The molecule has 0 aromatic heterocycles. The highest BCUT2D eigenvalue weighted by atomic mass is 16.6. The van der Waals surface area contributed by atoms with Crippen molar-refractivity contribution in [1.29, 1.82) is 0 Å². The maximum Gasteiger partial charge on any atom is 0.350 e. The molecule has 3 nitrogen and oxygen atoms in total. The van der Waals surface area contributed by atoms with Gasteiger partial charge in [0.25, 0.3) is 0 Å². The number of benzene rings is 2. The van der Waals surface area contributed by atoms with Crippen molar-refractivity contribution in [2.24, 2.45) is 11.3 Å². The average molecular weight is 381 g/mol. The molecule has 0 heterocycles. The van der Waals surface area contributed by atoms with Gasteiger partial charge in [-0.2, -0.15) is 0 Å². The number of rotatable bonds is 5. The molecule has 3 heteroatoms. The molecule has 2 aromatic carbocycles. The molecule has 0 radical (unpaired) electrons. The Morgan fingerprint density at radius 2 is 1.57 bits per heavy atom. The summed E-state index contributed by atoms with van der Waals surface area (Å²) in [4.78, 5) is 12.8. The molecule has 0 spiro atoms. The molecular formula is C25H32O3. The molecule has 3 rings (SSSR count). The third-order valence-electron chi connectivity index (χ3n) is 5.45. The summed E-state index contributed by atoms with van der Waals surface area (Å²) in [5, 5.41) is 0. The molecule has 2 unspecified atom stereocenters. The van der Waals surface area contributed by atoms with Gasteiger partial charge in [-0.15, -0.1) is 0 Å². The monoisotopic (exact) mass is 380 g/mol. The van der Waals surface area contributed by atoms with Crippen molar-refractivity contribution in [3.8, 4) is 16.9 Å². The fourth-order valence-electron chi connectivity index (χ4n) is 4.32. The number of hydrogen-bond donors (Lipinski definition) is 0. The molecule has 1 aliphatic carbocycles. The predicted molar refractivity (Wildman–Crippen MR) is 113 cm³/mol. The Labute approximate surface area is 169 Å². The third-order valence-corrected chi connectivity index (χ3v) is 5.45. The Morgan fingerprint density at radius 1 is 0.964 bits per heavy atom. The molecular weight excluding hydrogens is 348 g/mol. The lowest BCUT2D eigenvalue weighted by molar-refractivity contribution is -0.169. The molecule has 0 amide bonds. The fourth-order valence-corrected chi connectivity index (χ4v) is 4.32. The van der Waals surface area contributed by atoms with Gasteiger partial charge in [-0.3, -0.25) is 0 Å². The van der Waals surface area contributed by atoms with Crippen LogP contribution in [0, 0.1) is 11.3 Å². The zero-order valence-electron chi connectivity index (χ0n) is 17.7. The lowest BCUT2D eigenvalue weighted by Crippen LogP contribution is -2.43. The van der Waals surface area contributed by atoms with Gasteiger partial charge in [-0.1, -0.05) is 63.2 Å². The molecule has 150 valence electrons. The minimum Gasteiger partial charge on any atom is -0.476 e. The zero-order valence-corrected chi connectivity index (χ0v) is 17.7. The second-order valence-corrected chi connectivity index (χ2v) is 9.44. The molecule has 1 saturated carbocycles. The van der Waals surface area contributed by atoms with Crippen LogP contribution >= 0.6 is 0 Å². The van der Waals surface area contributed by atoms with Crippen LogP contribution in [0.2, 0.25) is 0 Å². The van der Waals surface area contributed by atoms with Crippen molar-refractivity contribution in [3.63, 3.8) is 0 Å². The number of hydrogen-bond acceptors (Lipinski definition) is 3. The second kappa shape index (κ2) is 7.98. The first kappa shape index (κ1) is 20.4. The number of ether oxygens (including phenoxy) is 2. The Balaban J connectivity index is 1.63. The summed E-state index contributed by atoms with van der Waals surface area (Å²) < 4.78 is 11.9. The van der Waals surface area contributed by atoms with Crippen molar-refractivity contribution >= 4 is 5.97 Å². The van der Waals surface area contributed by atoms with Gasteiger partial charge < -0.3 is 9.47 Å². The average Bonchev–Trinajstić information content (AvgIpc) is 2.61. The van der Waals surface area contributed by atoms with Gasteiger partial charge >= 0.3 is 5.97 Å². The van der Waals surface area contributed by atoms with Crippen LogP contribution in [0.1, 0.15) is 53.9 Å². The highest BCUT2D eigenvalue weighted by Crippen LogP contribution is 2.40. The van der Waals surface area contributed by atoms with Crippen LogP contribution in [0.25, 0.3) is 11.1 Å². The van der Waals surface area contributed by atoms with Crippen LogP contribution in [0.15, 0.2) is 54.6 Å². The van der Waals surface area contributed by atoms with Crippen LogP contribution in [0.3, 0.4) is 0 Å². The third kappa shape index (κ3) is 5.15. The van der Waals surface area contributed by atoms with Crippen molar-refractivity contribution in [2.45, 2.75) is 65.6 Å². The largest absolute Gasteiger partial charge is 0.476 e. The van der Waals surface area contributed by atoms with E-state index in [4.69, 9.17) is 9.47 Å². The van der Waals surface area contributed by atoms with E-state index in [0.29, 0.717) is 11.7 Å². The van der Waals surface area contributed by atoms with E-state index in [1.165, 1.54) is 6.42 Å². The van der Waals surface area contributed by atoms with Gasteiger partial charge in [0.1, 0.15) is 11.9 Å². The summed E-state index contributed by atoms with van der Waals surface area (Å²) in [6.07, 6.45) is 2.98. The molecule has 2 atom stereocenters. The summed E-state index contributed by atoms with van der Waals surface area (Å²) in [5.41, 5.74) is 1.45. The van der Waals surface area contributed by atoms with E-state index in [-0.39, 0.29) is 17.5 Å². The van der Waals surface area contributed by atoms with Crippen LogP contribution in [-0.4, -0.2) is 17.7 Å². The van der Waals surface area contributed by atoms with E-state index in [9.17, 15) is 4.79 Å². The van der Waals surface area contributed by atoms with Gasteiger partial charge in [0.05, 0.1) is 0 Å². The zero-order chi connectivity index (χ0) is 20.4. The SMILES string of the molecule is CC1CC(OC(=O)C(C)(C)Oc2ccc(-c3ccccc3)cc2)CC(C)(C)C1. The molecule has 0 N–H and O–H groups in total. The second-order valence-electron chi connectivity index (χ2n) is 9.44. The normalized spacial score (nSPS) is 21.8. The van der Waals surface area contributed by atoms with Crippen LogP contribution in [-0.2, 0) is 9.53 Å². The molecule has 1 fully saturated rings. The summed E-state index contributed by atoms with van der Waals surface area (Å²) in [6.45, 7) is 10.3. The van der Waals surface area contributed by atoms with Crippen molar-refractivity contribution in [1.82, 2.24) is 0 Å². The minimum absolute atomic E-state index is 0.0328. The van der Waals surface area contributed by atoms with Crippen LogP contribution < -0.4 is 4.74 Å². The van der Waals surface area contributed by atoms with Crippen molar-refractivity contribution in [3.05, 3.63) is 54.6 Å². The Kier molecular flexibility index (Phi) is 5.83. The van der Waals surface area contributed by atoms with E-state index in [2.05, 4.69) is 32.9 Å². The topological polar surface area (TPSA) is 35.5 Å². The summed E-state index contributed by atoms with van der Waals surface area (Å²) in [7, 11) is 0. The first-order valence-corrected chi connectivity index (χ1v) is 10.2. The van der Waals surface area contributed by atoms with Crippen molar-refractivity contribution < 1.29 is 14.3 Å². The fraction of sp³-hybridized carbons (Fsp3) is 0.480. The van der Waals surface area contributed by atoms with Crippen molar-refractivity contribution in [2.75, 3.05) is 0 Å². The lowest BCUT2D eigenvalue weighted by Gasteiger charge is -2.39. The number of carbonyl (C=O) groups excluding carboxylic acids is 1. The lowest BCUT2D eigenvalue weighted by atomic mass is 9.71. The molecule has 0 saturated heterocycles. The molecule has 28 heavy (non-hydrogen) atoms. The maximum atomic E-state index is 12.8. The first-order valence-electron chi connectivity index (χ1n) is 10.2. The van der Waals surface area contributed by atoms with Gasteiger partial charge in [0, 0.05) is 0 Å². The van der Waals surface area contributed by atoms with E-state index < -0.39 is 5.60 Å². The quantitative estimate of drug-likeness (QED) is 0.574. The van der Waals surface area contributed by atoms with Crippen LogP contribution in [0.4, 0.5) is 0 Å². The van der Waals surface area contributed by atoms with Gasteiger partial charge in [-0.25, -0.2) is 4.79 Å². The Morgan fingerprint density at radius 3 is 2.18 bits per heavy atom. The molecule has 1 aliphatic rings. The minimum atomic E-state index is -1.03. The van der Waals surface area contributed by atoms with Crippen LogP contribution in [0.5, 0.6) is 5.75 Å². The highest BCUT2D eigenvalue weighted by molar-refractivity contribution is 5.79. The van der Waals surface area contributed by atoms with E-state index in [1.807, 2.05) is 42.5 Å². The maximum absolute atomic E-state index is 12.8. The summed E-state index contributed by atoms with van der Waals surface area (Å²) >= 11 is 0. The van der Waals surface area contributed by atoms with Gasteiger partial charge in [0.2, 0.25) is 0 Å². The number of carbonyl (C=O) groups is 1. The Bertz CT molecular complexity index is 790. The summed E-state index contributed by atoms with van der Waals surface area (Å²) in [6, 6.07) is 18.0. The van der Waals surface area contributed by atoms with E-state index >= 15 is 0 Å². The highest BCUT2D eigenvalue weighted by Gasteiger charge is 2.38. The molecule has 2 aromatic rings. The molecule has 0 aliphatic heterocycles.